The van der Waals surface area contributed by atoms with E-state index in [2.05, 4.69) is 0 Å². The number of carbonyl (C=O) groups excluding carboxylic acids is 2. The van der Waals surface area contributed by atoms with E-state index in [-0.39, 0.29) is 17.7 Å². The quantitative estimate of drug-likeness (QED) is 0.752. The van der Waals surface area contributed by atoms with Gasteiger partial charge in [-0.2, -0.15) is 0 Å². The van der Waals surface area contributed by atoms with E-state index < -0.39 is 5.97 Å². The van der Waals surface area contributed by atoms with E-state index in [1.54, 1.807) is 0 Å². The van der Waals surface area contributed by atoms with E-state index in [1.807, 2.05) is 4.90 Å². The van der Waals surface area contributed by atoms with Crippen LogP contribution in [0.2, 0.25) is 0 Å². The highest BCUT2D eigenvalue weighted by Gasteiger charge is 2.36. The van der Waals surface area contributed by atoms with Crippen molar-refractivity contribution in [1.82, 2.24) is 4.90 Å². The number of rotatable bonds is 4. The first-order valence-corrected chi connectivity index (χ1v) is 7.09. The number of hydrogen-bond donors (Lipinski definition) is 0. The van der Waals surface area contributed by atoms with Crippen molar-refractivity contribution in [2.45, 2.75) is 57.8 Å². The Hall–Kier alpha value is -1.06. The molecule has 0 atom stereocenters. The molecule has 1 aliphatic heterocycles. The maximum absolute atomic E-state index is 12.2. The van der Waals surface area contributed by atoms with Gasteiger partial charge in [0, 0.05) is 25.5 Å². The molecule has 0 radical (unpaired) electrons. The molecule has 2 aliphatic rings. The van der Waals surface area contributed by atoms with Gasteiger partial charge in [0.15, 0.2) is 0 Å². The Morgan fingerprint density at radius 2 is 1.56 bits per heavy atom. The lowest BCUT2D eigenvalue weighted by Gasteiger charge is -2.38. The maximum atomic E-state index is 12.2. The highest BCUT2D eigenvalue weighted by atomic mass is 16.4. The molecule has 0 aromatic carbocycles. The molecule has 102 valence electrons. The molecule has 0 aromatic heterocycles. The predicted octanol–water partition coefficient (Wildman–Crippen LogP) is 1.09. The molecule has 2 rings (SSSR count). The Balaban J connectivity index is 1.99. The molecule has 4 heteroatoms. The Kier molecular flexibility index (Phi) is 4.25. The van der Waals surface area contributed by atoms with Crippen LogP contribution in [0.25, 0.3) is 0 Å². The topological polar surface area (TPSA) is 60.4 Å². The van der Waals surface area contributed by atoms with Crippen LogP contribution in [0, 0.1) is 5.41 Å². The summed E-state index contributed by atoms with van der Waals surface area (Å²) < 4.78 is 0. The van der Waals surface area contributed by atoms with Crippen LogP contribution in [0.5, 0.6) is 0 Å². The first-order valence-electron chi connectivity index (χ1n) is 7.09. The van der Waals surface area contributed by atoms with Gasteiger partial charge >= 0.3 is 0 Å². The van der Waals surface area contributed by atoms with E-state index in [0.717, 1.165) is 58.0 Å². The van der Waals surface area contributed by atoms with Crippen molar-refractivity contribution in [3.05, 3.63) is 0 Å². The van der Waals surface area contributed by atoms with Crippen molar-refractivity contribution in [1.29, 1.82) is 0 Å². The van der Waals surface area contributed by atoms with Crippen LogP contribution >= 0.6 is 0 Å². The Bertz CT molecular complexity index is 315. The van der Waals surface area contributed by atoms with Gasteiger partial charge in [0.1, 0.15) is 0 Å². The lowest BCUT2D eigenvalue weighted by molar-refractivity contribution is -0.308. The van der Waals surface area contributed by atoms with Gasteiger partial charge in [-0.25, -0.2) is 0 Å². The maximum Gasteiger partial charge on any atom is 0.223 e. The molecule has 4 nitrogen and oxygen atoms in total. The zero-order valence-electron chi connectivity index (χ0n) is 11.0. The monoisotopic (exact) mass is 252 g/mol. The largest absolute Gasteiger partial charge is 0.550 e. The van der Waals surface area contributed by atoms with Gasteiger partial charge in [-0.3, -0.25) is 4.79 Å². The summed E-state index contributed by atoms with van der Waals surface area (Å²) in [5.74, 6) is -0.859. The number of hydrogen-bond acceptors (Lipinski definition) is 3. The van der Waals surface area contributed by atoms with Crippen LogP contribution in [0.4, 0.5) is 0 Å². The van der Waals surface area contributed by atoms with Crippen LogP contribution in [-0.4, -0.2) is 29.9 Å². The number of carbonyl (C=O) groups is 2. The van der Waals surface area contributed by atoms with Crippen molar-refractivity contribution < 1.29 is 14.7 Å². The molecule has 1 saturated heterocycles. The fourth-order valence-electron chi connectivity index (χ4n) is 3.42. The normalized spacial score (nSPS) is 23.0. The summed E-state index contributed by atoms with van der Waals surface area (Å²) in [6, 6.07) is 0. The van der Waals surface area contributed by atoms with E-state index in [9.17, 15) is 14.7 Å². The number of carboxylic acid groups (broad SMARTS) is 1. The first kappa shape index (κ1) is 13.4. The number of likely N-dealkylation sites (tertiary alicyclic amines) is 1. The van der Waals surface area contributed by atoms with Gasteiger partial charge < -0.3 is 14.8 Å². The van der Waals surface area contributed by atoms with Gasteiger partial charge in [-0.1, -0.05) is 19.3 Å². The molecule has 1 heterocycles. The van der Waals surface area contributed by atoms with E-state index in [4.69, 9.17) is 0 Å². The van der Waals surface area contributed by atoms with Crippen LogP contribution in [0.1, 0.15) is 57.8 Å². The van der Waals surface area contributed by atoms with Gasteiger partial charge in [0.25, 0.3) is 0 Å². The van der Waals surface area contributed by atoms with Crippen molar-refractivity contribution in [2.75, 3.05) is 13.1 Å². The Morgan fingerprint density at radius 3 is 2.11 bits per heavy atom. The molecule has 0 bridgehead atoms. The van der Waals surface area contributed by atoms with Crippen LogP contribution in [-0.2, 0) is 9.59 Å². The molecular weight excluding hydrogens is 230 g/mol. The lowest BCUT2D eigenvalue weighted by atomic mass is 9.69. The second-order valence-electron chi connectivity index (χ2n) is 5.87. The lowest BCUT2D eigenvalue weighted by Crippen LogP contribution is -2.39. The molecule has 1 aliphatic carbocycles. The third kappa shape index (κ3) is 3.24. The molecule has 18 heavy (non-hydrogen) atoms. The third-order valence-corrected chi connectivity index (χ3v) is 4.42. The zero-order valence-corrected chi connectivity index (χ0v) is 11.0. The Morgan fingerprint density at radius 1 is 0.944 bits per heavy atom. The second-order valence-corrected chi connectivity index (χ2v) is 5.87. The van der Waals surface area contributed by atoms with Gasteiger partial charge in [0.2, 0.25) is 5.91 Å². The second kappa shape index (κ2) is 5.72. The number of amides is 1. The highest BCUT2D eigenvalue weighted by molar-refractivity contribution is 5.78. The van der Waals surface area contributed by atoms with Crippen LogP contribution in [0.3, 0.4) is 0 Å². The third-order valence-electron chi connectivity index (χ3n) is 4.42. The van der Waals surface area contributed by atoms with Gasteiger partial charge in [-0.15, -0.1) is 0 Å². The van der Waals surface area contributed by atoms with Crippen molar-refractivity contribution in [3.63, 3.8) is 0 Å². The molecule has 0 spiro atoms. The number of aliphatic carboxylic acids is 1. The minimum atomic E-state index is -1.01. The number of carboxylic acids is 1. The van der Waals surface area contributed by atoms with Crippen molar-refractivity contribution in [3.8, 4) is 0 Å². The first-order chi connectivity index (χ1) is 8.61. The summed E-state index contributed by atoms with van der Waals surface area (Å²) in [4.78, 5) is 25.0. The molecule has 0 N–H and O–H groups in total. The predicted molar refractivity (Wildman–Crippen MR) is 65.6 cm³/mol. The minimum Gasteiger partial charge on any atom is -0.550 e. The Labute approximate surface area is 108 Å². The molecule has 0 unspecified atom stereocenters. The van der Waals surface area contributed by atoms with E-state index in [0.29, 0.717) is 6.42 Å². The average molecular weight is 252 g/mol. The molecule has 2 fully saturated rings. The fraction of sp³-hybridized carbons (Fsp3) is 0.857. The summed E-state index contributed by atoms with van der Waals surface area (Å²) in [7, 11) is 0. The summed E-state index contributed by atoms with van der Waals surface area (Å²) in [5, 5.41) is 10.9. The van der Waals surface area contributed by atoms with Crippen LogP contribution < -0.4 is 5.11 Å². The molecule has 1 saturated carbocycles. The molecule has 1 amide bonds. The van der Waals surface area contributed by atoms with Gasteiger partial charge in [-0.05, 0) is 37.5 Å². The summed E-state index contributed by atoms with van der Waals surface area (Å²) in [6.45, 7) is 1.69. The van der Waals surface area contributed by atoms with Crippen LogP contribution in [0.15, 0.2) is 0 Å². The standard InChI is InChI=1S/C14H23NO3/c16-12(15-8-4-5-9-15)10-14(11-13(17)18)6-2-1-3-7-14/h1-11H2,(H,17,18)/p-1. The average Bonchev–Trinajstić information content (AvgIpc) is 2.82. The van der Waals surface area contributed by atoms with E-state index >= 15 is 0 Å². The SMILES string of the molecule is O=C([O-])CC1(CC(=O)N2CCCC2)CCCCC1. The fourth-order valence-corrected chi connectivity index (χ4v) is 3.42. The zero-order chi connectivity index (χ0) is 13.0. The van der Waals surface area contributed by atoms with Crippen molar-refractivity contribution in [2.24, 2.45) is 5.41 Å². The smallest absolute Gasteiger partial charge is 0.223 e. The molecular formula is C14H22NO3-. The highest BCUT2D eigenvalue weighted by Crippen LogP contribution is 2.42. The van der Waals surface area contributed by atoms with Crippen molar-refractivity contribution >= 4 is 11.9 Å². The summed E-state index contributed by atoms with van der Waals surface area (Å²) in [6.07, 6.45) is 7.58. The number of nitrogens with zero attached hydrogens (tertiary/aromatic N) is 1. The summed E-state index contributed by atoms with van der Waals surface area (Å²) >= 11 is 0. The summed E-state index contributed by atoms with van der Waals surface area (Å²) in [5.41, 5.74) is -0.323. The van der Waals surface area contributed by atoms with E-state index in [1.165, 1.54) is 0 Å². The minimum absolute atomic E-state index is 0.0482. The molecule has 0 aromatic rings. The van der Waals surface area contributed by atoms with Gasteiger partial charge in [0.05, 0.1) is 0 Å².